The number of nitrogens with zero attached hydrogens (tertiary/aromatic N) is 3. The van der Waals surface area contributed by atoms with Crippen LogP contribution in [0.5, 0.6) is 0 Å². The third-order valence-electron chi connectivity index (χ3n) is 4.58. The maximum absolute atomic E-state index is 13.1. The van der Waals surface area contributed by atoms with Crippen molar-refractivity contribution in [1.29, 1.82) is 0 Å². The largest absolute Gasteiger partial charge is 0.416 e. The first kappa shape index (κ1) is 19.8. The summed E-state index contributed by atoms with van der Waals surface area (Å²) in [6.07, 6.45) is 0.870. The molecule has 0 N–H and O–H groups in total. The van der Waals surface area contributed by atoms with E-state index in [1.54, 1.807) is 28.9 Å². The summed E-state index contributed by atoms with van der Waals surface area (Å²) < 4.78 is 42.1. The number of fused-ring (bicyclic) bond motifs is 1. The molecule has 0 aliphatic carbocycles. The number of aromatic nitrogens is 2. The Morgan fingerprint density at radius 3 is 2.55 bits per heavy atom. The molecular weight excluding hydrogens is 419 g/mol. The number of pyridine rings is 1. The minimum Gasteiger partial charge on any atom is -0.337 e. The van der Waals surface area contributed by atoms with Crippen LogP contribution < -0.4 is 19.7 Å². The highest BCUT2D eigenvalue weighted by Crippen LogP contribution is 2.47. The quantitative estimate of drug-likeness (QED) is 0.618. The molecule has 4 rings (SSSR count). The van der Waals surface area contributed by atoms with E-state index in [4.69, 9.17) is 0 Å². The molecule has 2 aromatic heterocycles. The summed E-state index contributed by atoms with van der Waals surface area (Å²) in [4.78, 5) is 19.3. The topological polar surface area (TPSA) is 38.1 Å². The maximum atomic E-state index is 13.1. The van der Waals surface area contributed by atoms with Crippen LogP contribution in [0.4, 0.5) is 18.9 Å². The van der Waals surface area contributed by atoms with E-state index in [2.05, 4.69) is 4.98 Å². The molecule has 0 unspecified atom stereocenters. The van der Waals surface area contributed by atoms with Crippen LogP contribution in [0.3, 0.4) is 0 Å². The van der Waals surface area contributed by atoms with Crippen LogP contribution >= 0.6 is 23.1 Å². The molecule has 0 fully saturated rings. The first-order valence-electron chi connectivity index (χ1n) is 8.78. The van der Waals surface area contributed by atoms with Crippen molar-refractivity contribution in [2.24, 2.45) is 0 Å². The Bertz CT molecular complexity index is 1250. The lowest BCUT2D eigenvalue weighted by atomic mass is 10.2. The summed E-state index contributed by atoms with van der Waals surface area (Å²) in [5.74, 6) is 0. The number of thioether (sulfide) groups is 1. The van der Waals surface area contributed by atoms with Gasteiger partial charge < -0.3 is 4.90 Å². The second-order valence-electron chi connectivity index (χ2n) is 6.39. The number of anilines is 1. The highest BCUT2D eigenvalue weighted by molar-refractivity contribution is 8.08. The van der Waals surface area contributed by atoms with Gasteiger partial charge in [0.2, 0.25) is 0 Å². The Morgan fingerprint density at radius 1 is 1.17 bits per heavy atom. The normalized spacial score (nSPS) is 16.4. The van der Waals surface area contributed by atoms with Crippen LogP contribution in [0.2, 0.25) is 0 Å². The molecule has 1 aliphatic rings. The summed E-state index contributed by atoms with van der Waals surface area (Å²) in [6.45, 7) is 2.39. The average Bonchev–Trinajstić information content (AvgIpc) is 3.18. The molecule has 0 saturated carbocycles. The van der Waals surface area contributed by atoms with Gasteiger partial charge in [0.25, 0.3) is 5.56 Å². The van der Waals surface area contributed by atoms with Crippen LogP contribution in [0.15, 0.2) is 52.4 Å². The lowest BCUT2D eigenvalue weighted by molar-refractivity contribution is -0.137. The van der Waals surface area contributed by atoms with Gasteiger partial charge in [-0.2, -0.15) is 13.2 Å². The van der Waals surface area contributed by atoms with E-state index in [0.29, 0.717) is 26.7 Å². The number of benzene rings is 1. The fourth-order valence-corrected chi connectivity index (χ4v) is 5.62. The Kier molecular flexibility index (Phi) is 5.04. The van der Waals surface area contributed by atoms with E-state index < -0.39 is 11.7 Å². The first-order valence-corrected chi connectivity index (χ1v) is 10.4. The highest BCUT2D eigenvalue weighted by Gasteiger charge is 2.33. The van der Waals surface area contributed by atoms with Crippen molar-refractivity contribution in [3.05, 3.63) is 73.4 Å². The zero-order chi connectivity index (χ0) is 20.8. The zero-order valence-corrected chi connectivity index (χ0v) is 17.2. The Labute approximate surface area is 172 Å². The number of halogens is 3. The molecule has 4 nitrogen and oxygen atoms in total. The van der Waals surface area contributed by atoms with E-state index in [-0.39, 0.29) is 5.56 Å². The second kappa shape index (κ2) is 7.38. The third-order valence-corrected chi connectivity index (χ3v) is 7.05. The Morgan fingerprint density at radius 2 is 1.90 bits per heavy atom. The van der Waals surface area contributed by atoms with Gasteiger partial charge >= 0.3 is 6.18 Å². The Balaban J connectivity index is 1.88. The van der Waals surface area contributed by atoms with Crippen molar-refractivity contribution >= 4 is 39.9 Å². The predicted molar refractivity (Wildman–Crippen MR) is 110 cm³/mol. The lowest BCUT2D eigenvalue weighted by Gasteiger charge is -2.13. The van der Waals surface area contributed by atoms with Crippen LogP contribution in [0.25, 0.3) is 11.1 Å². The van der Waals surface area contributed by atoms with E-state index in [1.807, 2.05) is 25.1 Å². The first-order chi connectivity index (χ1) is 13.8. The molecule has 150 valence electrons. The number of hydrogen-bond acceptors (Lipinski definition) is 5. The van der Waals surface area contributed by atoms with Gasteiger partial charge in [0, 0.05) is 30.9 Å². The van der Waals surface area contributed by atoms with Gasteiger partial charge in [-0.15, -0.1) is 11.3 Å². The average molecular weight is 435 g/mol. The molecule has 3 aromatic rings. The fraction of sp³-hybridized carbons (Fsp3) is 0.200. The third kappa shape index (κ3) is 3.60. The minimum absolute atomic E-state index is 0.143. The molecule has 0 amide bonds. The SMILES string of the molecule is CCn1c(=O)/c(=C2\Sc3cc(C(F)(F)F)ccc3N2C)s/c1=C\c1ccncc1. The molecule has 0 saturated heterocycles. The molecular formula is C20H16F3N3OS2. The molecule has 0 atom stereocenters. The minimum atomic E-state index is -4.40. The van der Waals surface area contributed by atoms with Crippen molar-refractivity contribution in [3.8, 4) is 0 Å². The predicted octanol–water partition coefficient (Wildman–Crippen LogP) is 3.48. The Hall–Kier alpha value is -2.52. The van der Waals surface area contributed by atoms with Gasteiger partial charge in [-0.3, -0.25) is 14.3 Å². The van der Waals surface area contributed by atoms with E-state index in [9.17, 15) is 18.0 Å². The molecule has 29 heavy (non-hydrogen) atoms. The smallest absolute Gasteiger partial charge is 0.337 e. The van der Waals surface area contributed by atoms with E-state index in [0.717, 1.165) is 22.4 Å². The molecule has 3 heterocycles. The van der Waals surface area contributed by atoms with Crippen molar-refractivity contribution in [2.45, 2.75) is 24.5 Å². The molecule has 1 aliphatic heterocycles. The van der Waals surface area contributed by atoms with Crippen LogP contribution in [-0.4, -0.2) is 16.6 Å². The van der Waals surface area contributed by atoms with Crippen molar-refractivity contribution < 1.29 is 13.2 Å². The standard InChI is InChI=1S/C20H16F3N3OS2/c1-3-26-16(10-12-6-8-24-9-7-12)29-17(18(26)27)19-25(2)14-5-4-13(20(21,22)23)11-15(14)28-19/h4-11H,3H2,1-2H3/b16-10-,19-17+. The van der Waals surface area contributed by atoms with Crippen LogP contribution in [0, 0.1) is 0 Å². The lowest BCUT2D eigenvalue weighted by Crippen LogP contribution is -2.33. The fourth-order valence-electron chi connectivity index (χ4n) is 3.10. The van der Waals surface area contributed by atoms with Gasteiger partial charge in [-0.05, 0) is 48.9 Å². The summed E-state index contributed by atoms with van der Waals surface area (Å²) in [7, 11) is 1.77. The van der Waals surface area contributed by atoms with Crippen molar-refractivity contribution in [3.63, 3.8) is 0 Å². The zero-order valence-electron chi connectivity index (χ0n) is 15.5. The number of hydrogen-bond donors (Lipinski definition) is 0. The van der Waals surface area contributed by atoms with Crippen LogP contribution in [-0.2, 0) is 12.7 Å². The van der Waals surface area contributed by atoms with Crippen molar-refractivity contribution in [1.82, 2.24) is 9.55 Å². The van der Waals surface area contributed by atoms with Gasteiger partial charge in [-0.1, -0.05) is 11.8 Å². The highest BCUT2D eigenvalue weighted by atomic mass is 32.2. The van der Waals surface area contributed by atoms with Gasteiger partial charge in [-0.25, -0.2) is 0 Å². The summed E-state index contributed by atoms with van der Waals surface area (Å²) in [6, 6.07) is 7.36. The molecule has 0 bridgehead atoms. The van der Waals surface area contributed by atoms with E-state index in [1.165, 1.54) is 29.2 Å². The molecule has 9 heteroatoms. The van der Waals surface area contributed by atoms with E-state index >= 15 is 0 Å². The summed E-state index contributed by atoms with van der Waals surface area (Å²) in [5.41, 5.74) is 0.748. The number of rotatable bonds is 2. The van der Waals surface area contributed by atoms with Crippen molar-refractivity contribution in [2.75, 3.05) is 11.9 Å². The molecule has 0 spiro atoms. The number of thiazole rings is 1. The monoisotopic (exact) mass is 435 g/mol. The maximum Gasteiger partial charge on any atom is 0.416 e. The number of alkyl halides is 3. The molecule has 0 radical (unpaired) electrons. The van der Waals surface area contributed by atoms with Crippen LogP contribution in [0.1, 0.15) is 18.1 Å². The molecule has 1 aromatic carbocycles. The van der Waals surface area contributed by atoms with Gasteiger partial charge in [0.1, 0.15) is 9.56 Å². The van der Waals surface area contributed by atoms with Gasteiger partial charge in [0.15, 0.2) is 0 Å². The summed E-state index contributed by atoms with van der Waals surface area (Å²) >= 11 is 2.54. The van der Waals surface area contributed by atoms with Gasteiger partial charge in [0.05, 0.1) is 15.9 Å². The second-order valence-corrected chi connectivity index (χ2v) is 8.45. The summed E-state index contributed by atoms with van der Waals surface area (Å²) in [5, 5.41) is 0.644.